The van der Waals surface area contributed by atoms with Crippen molar-refractivity contribution >= 4 is 28.9 Å². The van der Waals surface area contributed by atoms with Crippen LogP contribution in [0.5, 0.6) is 0 Å². The smallest absolute Gasteiger partial charge is 0.0624 e. The van der Waals surface area contributed by atoms with E-state index in [0.29, 0.717) is 22.2 Å². The molecule has 0 fully saturated rings. The summed E-state index contributed by atoms with van der Waals surface area (Å²) in [5, 5.41) is 1.09. The van der Waals surface area contributed by atoms with Crippen molar-refractivity contribution in [3.63, 3.8) is 0 Å². The van der Waals surface area contributed by atoms with Gasteiger partial charge in [0, 0.05) is 5.69 Å². The number of benzene rings is 2. The first-order valence-electron chi connectivity index (χ1n) is 5.87. The molecule has 0 heterocycles. The summed E-state index contributed by atoms with van der Waals surface area (Å²) in [6.07, 6.45) is 0.615. The Bertz CT molecular complexity index is 572. The van der Waals surface area contributed by atoms with E-state index in [-0.39, 0.29) is 6.04 Å². The second-order valence-electron chi connectivity index (χ2n) is 4.27. The Kier molecular flexibility index (Phi) is 4.66. The monoisotopic (exact) mass is 295 g/mol. The molecule has 0 aromatic heterocycles. The van der Waals surface area contributed by atoms with Crippen molar-refractivity contribution in [3.05, 3.63) is 63.6 Å². The number of hydrogen-bond donors (Lipinski definition) is 3. The normalized spacial score (nSPS) is 12.4. The van der Waals surface area contributed by atoms with Crippen LogP contribution >= 0.6 is 23.2 Å². The number of hydrazine groups is 1. The topological polar surface area (TPSA) is 64.1 Å². The predicted molar refractivity (Wildman–Crippen MR) is 81.1 cm³/mol. The summed E-state index contributed by atoms with van der Waals surface area (Å²) in [5.41, 5.74) is 11.3. The fourth-order valence-corrected chi connectivity index (χ4v) is 2.41. The number of halogens is 2. The molecular weight excluding hydrogens is 281 g/mol. The largest absolute Gasteiger partial charge is 0.398 e. The maximum Gasteiger partial charge on any atom is 0.0624 e. The van der Waals surface area contributed by atoms with E-state index in [1.807, 2.05) is 36.4 Å². The van der Waals surface area contributed by atoms with Gasteiger partial charge in [-0.25, -0.2) is 0 Å². The molecule has 2 rings (SSSR count). The summed E-state index contributed by atoms with van der Waals surface area (Å²) in [6.45, 7) is 0. The lowest BCUT2D eigenvalue weighted by Crippen LogP contribution is -2.30. The SMILES string of the molecule is NNC(Cc1cccc(Cl)c1Cl)c1ccccc1N. The van der Waals surface area contributed by atoms with Crippen molar-refractivity contribution in [2.45, 2.75) is 12.5 Å². The van der Waals surface area contributed by atoms with Gasteiger partial charge in [0.25, 0.3) is 0 Å². The molecule has 2 aromatic rings. The van der Waals surface area contributed by atoms with E-state index in [1.54, 1.807) is 6.07 Å². The maximum atomic E-state index is 6.19. The molecule has 5 heteroatoms. The summed E-state index contributed by atoms with van der Waals surface area (Å²) in [6, 6.07) is 13.0. The van der Waals surface area contributed by atoms with Gasteiger partial charge in [0.2, 0.25) is 0 Å². The number of nitrogen functional groups attached to an aromatic ring is 1. The van der Waals surface area contributed by atoms with E-state index in [4.69, 9.17) is 34.8 Å². The minimum atomic E-state index is -0.114. The molecule has 2 aromatic carbocycles. The van der Waals surface area contributed by atoms with Crippen LogP contribution in [-0.4, -0.2) is 0 Å². The van der Waals surface area contributed by atoms with Crippen molar-refractivity contribution in [1.29, 1.82) is 0 Å². The van der Waals surface area contributed by atoms with E-state index in [0.717, 1.165) is 11.1 Å². The highest BCUT2D eigenvalue weighted by Crippen LogP contribution is 2.30. The third kappa shape index (κ3) is 3.19. The molecule has 19 heavy (non-hydrogen) atoms. The van der Waals surface area contributed by atoms with Crippen LogP contribution < -0.4 is 17.0 Å². The maximum absolute atomic E-state index is 6.19. The Hall–Kier alpha value is -1.26. The molecule has 5 N–H and O–H groups in total. The van der Waals surface area contributed by atoms with Gasteiger partial charge in [-0.2, -0.15) is 0 Å². The van der Waals surface area contributed by atoms with E-state index in [1.165, 1.54) is 0 Å². The number of nitrogens with one attached hydrogen (secondary N) is 1. The molecule has 0 aliphatic heterocycles. The Morgan fingerprint density at radius 3 is 2.47 bits per heavy atom. The first-order valence-corrected chi connectivity index (χ1v) is 6.62. The minimum Gasteiger partial charge on any atom is -0.398 e. The summed E-state index contributed by atoms with van der Waals surface area (Å²) in [4.78, 5) is 0. The van der Waals surface area contributed by atoms with Gasteiger partial charge in [0.1, 0.15) is 0 Å². The third-order valence-corrected chi connectivity index (χ3v) is 3.89. The molecule has 0 saturated carbocycles. The number of hydrogen-bond acceptors (Lipinski definition) is 3. The molecule has 1 atom stereocenters. The van der Waals surface area contributed by atoms with Crippen molar-refractivity contribution in [3.8, 4) is 0 Å². The fraction of sp³-hybridized carbons (Fsp3) is 0.143. The van der Waals surface area contributed by atoms with Crippen LogP contribution in [0.4, 0.5) is 5.69 Å². The van der Waals surface area contributed by atoms with Gasteiger partial charge in [-0.1, -0.05) is 53.5 Å². The Morgan fingerprint density at radius 2 is 1.79 bits per heavy atom. The number of anilines is 1. The van der Waals surface area contributed by atoms with Gasteiger partial charge in [-0.15, -0.1) is 0 Å². The van der Waals surface area contributed by atoms with Crippen molar-refractivity contribution in [2.75, 3.05) is 5.73 Å². The Labute approximate surface area is 122 Å². The van der Waals surface area contributed by atoms with Crippen LogP contribution in [0.15, 0.2) is 42.5 Å². The number of rotatable bonds is 4. The second-order valence-corrected chi connectivity index (χ2v) is 5.05. The van der Waals surface area contributed by atoms with Gasteiger partial charge in [-0.05, 0) is 29.7 Å². The molecule has 0 saturated heterocycles. The van der Waals surface area contributed by atoms with Crippen LogP contribution in [-0.2, 0) is 6.42 Å². The zero-order valence-corrected chi connectivity index (χ0v) is 11.7. The molecule has 0 aliphatic carbocycles. The quantitative estimate of drug-likeness (QED) is 0.461. The highest BCUT2D eigenvalue weighted by molar-refractivity contribution is 6.42. The van der Waals surface area contributed by atoms with Crippen LogP contribution in [0.25, 0.3) is 0 Å². The minimum absolute atomic E-state index is 0.114. The van der Waals surface area contributed by atoms with Gasteiger partial charge in [0.15, 0.2) is 0 Å². The highest BCUT2D eigenvalue weighted by Gasteiger charge is 2.15. The number of para-hydroxylation sites is 1. The molecule has 1 unspecified atom stereocenters. The lowest BCUT2D eigenvalue weighted by atomic mass is 9.98. The average Bonchev–Trinajstić information content (AvgIpc) is 2.41. The average molecular weight is 296 g/mol. The zero-order chi connectivity index (χ0) is 13.8. The van der Waals surface area contributed by atoms with Crippen LogP contribution in [0.1, 0.15) is 17.2 Å². The molecule has 3 nitrogen and oxygen atoms in total. The summed E-state index contributed by atoms with van der Waals surface area (Å²) in [7, 11) is 0. The van der Waals surface area contributed by atoms with Crippen LogP contribution in [0.3, 0.4) is 0 Å². The van der Waals surface area contributed by atoms with Gasteiger partial charge in [0.05, 0.1) is 16.1 Å². The molecule has 0 bridgehead atoms. The molecule has 0 radical (unpaired) electrons. The molecule has 0 spiro atoms. The molecular formula is C14H15Cl2N3. The van der Waals surface area contributed by atoms with Gasteiger partial charge >= 0.3 is 0 Å². The number of nitrogens with two attached hydrogens (primary N) is 2. The summed E-state index contributed by atoms with van der Waals surface area (Å²) in [5.74, 6) is 5.63. The predicted octanol–water partition coefficient (Wildman–Crippen LogP) is 3.32. The van der Waals surface area contributed by atoms with Crippen LogP contribution in [0, 0.1) is 0 Å². The zero-order valence-electron chi connectivity index (χ0n) is 10.2. The highest BCUT2D eigenvalue weighted by atomic mass is 35.5. The van der Waals surface area contributed by atoms with Crippen LogP contribution in [0.2, 0.25) is 10.0 Å². The Balaban J connectivity index is 2.30. The van der Waals surface area contributed by atoms with Crippen molar-refractivity contribution < 1.29 is 0 Å². The standard InChI is InChI=1S/C14H15Cl2N3/c15-11-6-3-4-9(14(11)16)8-13(19-18)10-5-1-2-7-12(10)17/h1-7,13,19H,8,17-18H2. The molecule has 100 valence electrons. The van der Waals surface area contributed by atoms with E-state index in [9.17, 15) is 0 Å². The van der Waals surface area contributed by atoms with Gasteiger partial charge < -0.3 is 5.73 Å². The van der Waals surface area contributed by atoms with Crippen molar-refractivity contribution in [1.82, 2.24) is 5.43 Å². The Morgan fingerprint density at radius 1 is 1.05 bits per heavy atom. The second kappa shape index (κ2) is 6.26. The van der Waals surface area contributed by atoms with Crippen molar-refractivity contribution in [2.24, 2.45) is 5.84 Å². The first-order chi connectivity index (χ1) is 9.13. The lowest BCUT2D eigenvalue weighted by Gasteiger charge is -2.19. The molecule has 0 amide bonds. The lowest BCUT2D eigenvalue weighted by molar-refractivity contribution is 0.553. The first kappa shape index (κ1) is 14.2. The summed E-state index contributed by atoms with van der Waals surface area (Å²) < 4.78 is 0. The third-order valence-electron chi connectivity index (χ3n) is 3.03. The van der Waals surface area contributed by atoms with E-state index >= 15 is 0 Å². The van der Waals surface area contributed by atoms with E-state index < -0.39 is 0 Å². The fourth-order valence-electron chi connectivity index (χ4n) is 2.01. The summed E-state index contributed by atoms with van der Waals surface area (Å²) >= 11 is 12.2. The van der Waals surface area contributed by atoms with Gasteiger partial charge in [-0.3, -0.25) is 11.3 Å². The molecule has 0 aliphatic rings. The van der Waals surface area contributed by atoms with E-state index in [2.05, 4.69) is 5.43 Å².